The monoisotopic (exact) mass is 386 g/mol. The Morgan fingerprint density at radius 1 is 1.30 bits per heavy atom. The molecule has 0 saturated heterocycles. The normalized spacial score (nSPS) is 11.3. The molecule has 3 aromatic rings. The predicted molar refractivity (Wildman–Crippen MR) is 107 cm³/mol. The van der Waals surface area contributed by atoms with E-state index < -0.39 is 0 Å². The molecule has 0 aliphatic carbocycles. The first kappa shape index (κ1) is 19.2. The lowest BCUT2D eigenvalue weighted by Crippen LogP contribution is -2.21. The maximum Gasteiger partial charge on any atom is 0.296 e. The van der Waals surface area contributed by atoms with E-state index in [4.69, 9.17) is 11.6 Å². The van der Waals surface area contributed by atoms with Crippen LogP contribution in [0.15, 0.2) is 30.5 Å². The molecule has 0 bridgehead atoms. The average molecular weight is 387 g/mol. The van der Waals surface area contributed by atoms with Gasteiger partial charge in [-0.1, -0.05) is 37.6 Å². The number of rotatable bonds is 5. The number of imidazole rings is 1. The molecule has 142 valence electrons. The van der Waals surface area contributed by atoms with Crippen molar-refractivity contribution in [3.05, 3.63) is 41.0 Å². The third kappa shape index (κ3) is 3.37. The Balaban J connectivity index is 2.30. The zero-order valence-electron chi connectivity index (χ0n) is 15.9. The number of benzene rings is 1. The molecule has 2 aromatic heterocycles. The van der Waals surface area contributed by atoms with E-state index in [0.717, 1.165) is 24.0 Å². The summed E-state index contributed by atoms with van der Waals surface area (Å²) in [6.45, 7) is 4.13. The second-order valence-electron chi connectivity index (χ2n) is 6.69. The quantitative estimate of drug-likeness (QED) is 0.699. The number of fused-ring (bicyclic) bond motifs is 1. The number of amides is 1. The van der Waals surface area contributed by atoms with Gasteiger partial charge >= 0.3 is 0 Å². The number of pyridine rings is 1. The molecule has 2 heterocycles. The summed E-state index contributed by atoms with van der Waals surface area (Å²) in [6, 6.07) is 7.30. The van der Waals surface area contributed by atoms with Crippen molar-refractivity contribution in [2.24, 2.45) is 0 Å². The lowest BCUT2D eigenvalue weighted by molar-refractivity contribution is 0.0827. The molecule has 0 aliphatic heterocycles. The number of carbonyl (C=O) groups excluding carboxylic acids is 1. The van der Waals surface area contributed by atoms with E-state index in [0.29, 0.717) is 21.7 Å². The first-order chi connectivity index (χ1) is 12.9. The van der Waals surface area contributed by atoms with Gasteiger partial charge in [0.05, 0.1) is 5.02 Å². The molecule has 0 spiro atoms. The maximum absolute atomic E-state index is 12.4. The molecule has 0 fully saturated rings. The number of halogens is 1. The standard InChI is InChI=1S/C20H23ClN4O2/c1-5-14(6-2)25-17-16(15(21)11-22-18(17)23-20(25)27)12-8-7-9-13(10-12)19(26)24(3)4/h7-11,14H,5-6H2,1-4H3,(H,22,23,27). The van der Waals surface area contributed by atoms with Crippen molar-refractivity contribution in [2.75, 3.05) is 14.1 Å². The van der Waals surface area contributed by atoms with Gasteiger partial charge in [0.25, 0.3) is 11.9 Å². The first-order valence-corrected chi connectivity index (χ1v) is 9.34. The van der Waals surface area contributed by atoms with Crippen LogP contribution in [0.4, 0.5) is 0 Å². The smallest absolute Gasteiger partial charge is 0.296 e. The van der Waals surface area contributed by atoms with Crippen LogP contribution in [0.1, 0.15) is 43.1 Å². The highest BCUT2D eigenvalue weighted by Gasteiger charge is 2.23. The first-order valence-electron chi connectivity index (χ1n) is 8.96. The number of hydrogen-bond acceptors (Lipinski definition) is 4. The number of hydrogen-bond donors (Lipinski definition) is 1. The molecule has 1 N–H and O–H groups in total. The van der Waals surface area contributed by atoms with Gasteiger partial charge in [-0.25, -0.2) is 4.98 Å². The van der Waals surface area contributed by atoms with Gasteiger partial charge in [0.1, 0.15) is 5.52 Å². The summed E-state index contributed by atoms with van der Waals surface area (Å²) in [7, 11) is 3.43. The third-order valence-electron chi connectivity index (χ3n) is 4.76. The van der Waals surface area contributed by atoms with Crippen LogP contribution in [0.2, 0.25) is 5.02 Å². The highest BCUT2D eigenvalue weighted by molar-refractivity contribution is 6.34. The zero-order valence-corrected chi connectivity index (χ0v) is 16.7. The van der Waals surface area contributed by atoms with Crippen LogP contribution in [-0.2, 0) is 0 Å². The van der Waals surface area contributed by atoms with Crippen LogP contribution in [-0.4, -0.2) is 44.5 Å². The van der Waals surface area contributed by atoms with Gasteiger partial charge in [0.2, 0.25) is 0 Å². The van der Waals surface area contributed by atoms with Crippen LogP contribution < -0.4 is 0 Å². The molecule has 0 saturated carbocycles. The molecule has 0 aliphatic rings. The van der Waals surface area contributed by atoms with Gasteiger partial charge < -0.3 is 10.0 Å². The van der Waals surface area contributed by atoms with Gasteiger partial charge in [-0.2, -0.15) is 4.98 Å². The minimum absolute atomic E-state index is 0.0700. The molecule has 3 rings (SSSR count). The van der Waals surface area contributed by atoms with Crippen LogP contribution >= 0.6 is 11.6 Å². The largest absolute Gasteiger partial charge is 0.480 e. The Bertz CT molecular complexity index is 993. The van der Waals surface area contributed by atoms with Gasteiger partial charge in [-0.05, 0) is 30.5 Å². The SMILES string of the molecule is CCC(CC)n1c(O)nc2ncc(Cl)c(-c3cccc(C(=O)N(C)C)c3)c21. The molecular weight excluding hydrogens is 364 g/mol. The molecule has 0 unspecified atom stereocenters. The predicted octanol–water partition coefficient (Wildman–Crippen LogP) is 4.52. The zero-order chi connectivity index (χ0) is 19.7. The van der Waals surface area contributed by atoms with Crippen LogP contribution in [0, 0.1) is 0 Å². The van der Waals surface area contributed by atoms with Gasteiger partial charge in [0, 0.05) is 37.5 Å². The average Bonchev–Trinajstić information content (AvgIpc) is 2.98. The van der Waals surface area contributed by atoms with E-state index in [1.54, 1.807) is 24.7 Å². The molecule has 0 atom stereocenters. The van der Waals surface area contributed by atoms with E-state index in [-0.39, 0.29) is 18.0 Å². The van der Waals surface area contributed by atoms with E-state index in [9.17, 15) is 9.90 Å². The summed E-state index contributed by atoms with van der Waals surface area (Å²) < 4.78 is 1.80. The van der Waals surface area contributed by atoms with E-state index in [1.165, 1.54) is 11.1 Å². The minimum atomic E-state index is -0.0883. The van der Waals surface area contributed by atoms with Crippen LogP contribution in [0.5, 0.6) is 6.01 Å². The molecule has 6 nitrogen and oxygen atoms in total. The summed E-state index contributed by atoms with van der Waals surface area (Å²) in [6.07, 6.45) is 3.20. The second-order valence-corrected chi connectivity index (χ2v) is 7.09. The van der Waals surface area contributed by atoms with Crippen molar-refractivity contribution in [1.29, 1.82) is 0 Å². The Hall–Kier alpha value is -2.60. The number of nitrogens with zero attached hydrogens (tertiary/aromatic N) is 4. The van der Waals surface area contributed by atoms with Crippen LogP contribution in [0.25, 0.3) is 22.3 Å². The summed E-state index contributed by atoms with van der Waals surface area (Å²) in [5.41, 5.74) is 3.18. The third-order valence-corrected chi connectivity index (χ3v) is 5.05. The molecule has 27 heavy (non-hydrogen) atoms. The highest BCUT2D eigenvalue weighted by Crippen LogP contribution is 2.38. The summed E-state index contributed by atoms with van der Waals surface area (Å²) in [5.74, 6) is -0.0883. The maximum atomic E-state index is 12.4. The van der Waals surface area contributed by atoms with Gasteiger partial charge in [0.15, 0.2) is 5.65 Å². The van der Waals surface area contributed by atoms with E-state index >= 15 is 0 Å². The fraction of sp³-hybridized carbons (Fsp3) is 0.350. The number of aromatic nitrogens is 3. The van der Waals surface area contributed by atoms with Crippen molar-refractivity contribution in [2.45, 2.75) is 32.7 Å². The highest BCUT2D eigenvalue weighted by atomic mass is 35.5. The summed E-state index contributed by atoms with van der Waals surface area (Å²) in [5, 5.41) is 10.9. The van der Waals surface area contributed by atoms with E-state index in [1.807, 2.05) is 18.2 Å². The molecule has 1 aromatic carbocycles. The minimum Gasteiger partial charge on any atom is -0.480 e. The van der Waals surface area contributed by atoms with Crippen molar-refractivity contribution in [1.82, 2.24) is 19.4 Å². The van der Waals surface area contributed by atoms with Crippen molar-refractivity contribution in [3.8, 4) is 17.1 Å². The van der Waals surface area contributed by atoms with Gasteiger partial charge in [-0.3, -0.25) is 9.36 Å². The lowest BCUT2D eigenvalue weighted by Gasteiger charge is -2.18. The number of carbonyl (C=O) groups is 1. The summed E-state index contributed by atoms with van der Waals surface area (Å²) >= 11 is 6.52. The van der Waals surface area contributed by atoms with Crippen molar-refractivity contribution < 1.29 is 9.90 Å². The van der Waals surface area contributed by atoms with E-state index in [2.05, 4.69) is 23.8 Å². The lowest BCUT2D eigenvalue weighted by atomic mass is 10.0. The topological polar surface area (TPSA) is 71.2 Å². The molecular formula is C20H23ClN4O2. The Morgan fingerprint density at radius 3 is 2.63 bits per heavy atom. The van der Waals surface area contributed by atoms with Crippen LogP contribution in [0.3, 0.4) is 0 Å². The Labute approximate surface area is 163 Å². The second kappa shape index (κ2) is 7.56. The molecule has 7 heteroatoms. The van der Waals surface area contributed by atoms with Gasteiger partial charge in [-0.15, -0.1) is 0 Å². The molecule has 0 radical (unpaired) electrons. The fourth-order valence-corrected chi connectivity index (χ4v) is 3.61. The fourth-order valence-electron chi connectivity index (χ4n) is 3.37. The Kier molecular flexibility index (Phi) is 5.37. The summed E-state index contributed by atoms with van der Waals surface area (Å²) in [4.78, 5) is 22.4. The van der Waals surface area contributed by atoms with Crippen molar-refractivity contribution in [3.63, 3.8) is 0 Å². The molecule has 1 amide bonds. The number of aromatic hydroxyl groups is 1. The van der Waals surface area contributed by atoms with Crippen molar-refractivity contribution >= 4 is 28.7 Å². The Morgan fingerprint density at radius 2 is 2.00 bits per heavy atom.